The number of fused-ring (bicyclic) bond motifs is 2. The van der Waals surface area contributed by atoms with Crippen LogP contribution < -0.4 is 5.56 Å². The lowest BCUT2D eigenvalue weighted by Crippen LogP contribution is -2.40. The minimum Gasteiger partial charge on any atom is -0.337 e. The van der Waals surface area contributed by atoms with E-state index in [-0.39, 0.29) is 16.7 Å². The van der Waals surface area contributed by atoms with E-state index < -0.39 is 0 Å². The summed E-state index contributed by atoms with van der Waals surface area (Å²) in [5, 5.41) is 2.96. The zero-order valence-electron chi connectivity index (χ0n) is 14.6. The largest absolute Gasteiger partial charge is 0.337 e. The first-order valence-electron chi connectivity index (χ1n) is 8.51. The molecule has 1 unspecified atom stereocenters. The molecule has 1 amide bonds. The third kappa shape index (κ3) is 3.05. The Morgan fingerprint density at radius 3 is 2.96 bits per heavy atom. The Labute approximate surface area is 159 Å². The van der Waals surface area contributed by atoms with Crippen LogP contribution in [-0.2, 0) is 24.8 Å². The van der Waals surface area contributed by atoms with E-state index in [1.807, 2.05) is 30.0 Å². The fraction of sp³-hybridized carbons (Fsp3) is 0.316. The summed E-state index contributed by atoms with van der Waals surface area (Å²) in [5.74, 6) is 0.0919. The van der Waals surface area contributed by atoms with E-state index in [0.717, 1.165) is 13.0 Å². The highest BCUT2D eigenvalue weighted by Crippen LogP contribution is 2.28. The Morgan fingerprint density at radius 2 is 2.12 bits per heavy atom. The van der Waals surface area contributed by atoms with Crippen molar-refractivity contribution in [3.63, 3.8) is 0 Å². The van der Waals surface area contributed by atoms with Crippen molar-refractivity contribution in [1.82, 2.24) is 14.5 Å². The van der Waals surface area contributed by atoms with Crippen molar-refractivity contribution in [2.75, 3.05) is 6.54 Å². The van der Waals surface area contributed by atoms with Crippen LogP contribution in [0.3, 0.4) is 0 Å². The molecule has 0 radical (unpaired) electrons. The molecule has 0 saturated carbocycles. The minimum absolute atomic E-state index is 0.0846. The van der Waals surface area contributed by atoms with Gasteiger partial charge in [-0.1, -0.05) is 23.9 Å². The van der Waals surface area contributed by atoms with Gasteiger partial charge in [-0.2, -0.15) is 0 Å². The Balaban J connectivity index is 1.56. The van der Waals surface area contributed by atoms with Gasteiger partial charge >= 0.3 is 0 Å². The first-order valence-corrected chi connectivity index (χ1v) is 10.3. The summed E-state index contributed by atoms with van der Waals surface area (Å²) < 4.78 is 1.53. The summed E-state index contributed by atoms with van der Waals surface area (Å²) in [5.41, 5.74) is 1.83. The number of hydrogen-bond acceptors (Lipinski definition) is 5. The predicted octanol–water partition coefficient (Wildman–Crippen LogP) is 3.06. The second kappa shape index (κ2) is 6.89. The number of rotatable bonds is 3. The van der Waals surface area contributed by atoms with E-state index in [9.17, 15) is 9.59 Å². The van der Waals surface area contributed by atoms with E-state index in [1.165, 1.54) is 26.8 Å². The second-order valence-corrected chi connectivity index (χ2v) is 8.72. The molecule has 1 aromatic carbocycles. The highest BCUT2D eigenvalue weighted by molar-refractivity contribution is 8.00. The van der Waals surface area contributed by atoms with Gasteiger partial charge in [-0.25, -0.2) is 4.98 Å². The quantitative estimate of drug-likeness (QED) is 0.514. The van der Waals surface area contributed by atoms with Gasteiger partial charge in [-0.3, -0.25) is 14.2 Å². The van der Waals surface area contributed by atoms with Crippen molar-refractivity contribution in [3.05, 3.63) is 56.5 Å². The molecule has 0 saturated heterocycles. The molecule has 2 aromatic heterocycles. The molecule has 0 aliphatic carbocycles. The van der Waals surface area contributed by atoms with Gasteiger partial charge in [0.05, 0.1) is 16.2 Å². The highest BCUT2D eigenvalue weighted by atomic mass is 32.2. The number of carbonyl (C=O) groups is 1. The number of para-hydroxylation sites is 1. The number of aromatic nitrogens is 2. The van der Waals surface area contributed by atoms with Crippen molar-refractivity contribution in [2.24, 2.45) is 7.05 Å². The molecule has 26 heavy (non-hydrogen) atoms. The second-order valence-electron chi connectivity index (χ2n) is 6.41. The zero-order valence-corrected chi connectivity index (χ0v) is 16.3. The van der Waals surface area contributed by atoms with Gasteiger partial charge in [-0.05, 0) is 42.5 Å². The molecule has 0 N–H and O–H groups in total. The van der Waals surface area contributed by atoms with Crippen LogP contribution in [0, 0.1) is 0 Å². The van der Waals surface area contributed by atoms with Crippen LogP contribution in [0.25, 0.3) is 10.9 Å². The molecule has 1 aliphatic heterocycles. The van der Waals surface area contributed by atoms with Gasteiger partial charge in [0, 0.05) is 25.0 Å². The Bertz CT molecular complexity index is 1040. The summed E-state index contributed by atoms with van der Waals surface area (Å²) in [4.78, 5) is 33.3. The van der Waals surface area contributed by atoms with Gasteiger partial charge in [-0.15, -0.1) is 11.3 Å². The molecule has 0 bridgehead atoms. The lowest BCUT2D eigenvalue weighted by molar-refractivity contribution is -0.131. The summed E-state index contributed by atoms with van der Waals surface area (Å²) in [7, 11) is 1.71. The average Bonchev–Trinajstić information content (AvgIpc) is 3.13. The number of thiophene rings is 1. The molecule has 5 nitrogen and oxygen atoms in total. The average molecular weight is 386 g/mol. The van der Waals surface area contributed by atoms with Crippen LogP contribution >= 0.6 is 23.1 Å². The smallest absolute Gasteiger partial charge is 0.261 e. The lowest BCUT2D eigenvalue weighted by atomic mass is 10.1. The molecular weight excluding hydrogens is 366 g/mol. The maximum atomic E-state index is 12.9. The van der Waals surface area contributed by atoms with Crippen molar-refractivity contribution in [3.8, 4) is 0 Å². The molecule has 1 atom stereocenters. The molecule has 0 spiro atoms. The van der Waals surface area contributed by atoms with E-state index in [4.69, 9.17) is 0 Å². The normalized spacial score (nSPS) is 15.1. The van der Waals surface area contributed by atoms with Crippen molar-refractivity contribution >= 4 is 39.9 Å². The van der Waals surface area contributed by atoms with Crippen molar-refractivity contribution < 1.29 is 4.79 Å². The number of nitrogens with zero attached hydrogens (tertiary/aromatic N) is 3. The van der Waals surface area contributed by atoms with Crippen molar-refractivity contribution in [1.29, 1.82) is 0 Å². The van der Waals surface area contributed by atoms with E-state index in [0.29, 0.717) is 22.6 Å². The van der Waals surface area contributed by atoms with Crippen LogP contribution in [-0.4, -0.2) is 32.2 Å². The van der Waals surface area contributed by atoms with Crippen LogP contribution in [0.1, 0.15) is 17.4 Å². The van der Waals surface area contributed by atoms with Gasteiger partial charge < -0.3 is 4.90 Å². The maximum absolute atomic E-state index is 12.9. The summed E-state index contributed by atoms with van der Waals surface area (Å²) in [6, 6.07) is 9.41. The molecule has 3 heterocycles. The molecular formula is C19H19N3O2S2. The fourth-order valence-corrected chi connectivity index (χ4v) is 5.05. The Hall–Kier alpha value is -2.12. The van der Waals surface area contributed by atoms with Gasteiger partial charge in [0.15, 0.2) is 5.16 Å². The standard InChI is InChI=1S/C19H19N3O2S2/c1-12(17(23)22-9-7-16-13(11-22)8-10-25-16)26-19-20-15-6-4-3-5-14(15)18(24)21(19)2/h3-6,8,10,12H,7,9,11H2,1-2H3. The van der Waals surface area contributed by atoms with Crippen molar-refractivity contribution in [2.45, 2.75) is 30.3 Å². The molecule has 0 fully saturated rings. The minimum atomic E-state index is -0.297. The highest BCUT2D eigenvalue weighted by Gasteiger charge is 2.27. The van der Waals surface area contributed by atoms with E-state index in [1.54, 1.807) is 24.5 Å². The topological polar surface area (TPSA) is 55.2 Å². The van der Waals surface area contributed by atoms with Gasteiger partial charge in [0.1, 0.15) is 0 Å². The molecule has 134 valence electrons. The Morgan fingerprint density at radius 1 is 1.31 bits per heavy atom. The first kappa shape index (κ1) is 17.3. The number of amides is 1. The summed E-state index contributed by atoms with van der Waals surface area (Å²) >= 11 is 3.11. The van der Waals surface area contributed by atoms with Gasteiger partial charge in [0.25, 0.3) is 5.56 Å². The molecule has 4 rings (SSSR count). The molecule has 1 aliphatic rings. The maximum Gasteiger partial charge on any atom is 0.261 e. The first-order chi connectivity index (χ1) is 12.5. The summed E-state index contributed by atoms with van der Waals surface area (Å²) in [6.07, 6.45) is 0.919. The lowest BCUT2D eigenvalue weighted by Gasteiger charge is -2.29. The zero-order chi connectivity index (χ0) is 18.3. The number of benzene rings is 1. The van der Waals surface area contributed by atoms with E-state index in [2.05, 4.69) is 16.4 Å². The monoisotopic (exact) mass is 385 g/mol. The number of carbonyl (C=O) groups excluding carboxylic acids is 1. The van der Waals surface area contributed by atoms with Gasteiger partial charge in [0.2, 0.25) is 5.91 Å². The predicted molar refractivity (Wildman–Crippen MR) is 106 cm³/mol. The van der Waals surface area contributed by atoms with Crippen LogP contribution in [0.15, 0.2) is 45.7 Å². The fourth-order valence-electron chi connectivity index (χ4n) is 3.21. The van der Waals surface area contributed by atoms with Crippen LogP contribution in [0.2, 0.25) is 0 Å². The number of thioether (sulfide) groups is 1. The third-order valence-corrected chi connectivity index (χ3v) is 6.85. The van der Waals surface area contributed by atoms with E-state index >= 15 is 0 Å². The molecule has 7 heteroatoms. The SMILES string of the molecule is CC(Sc1nc2ccccc2c(=O)n1C)C(=O)N1CCc2sccc2C1. The summed E-state index contributed by atoms with van der Waals surface area (Å²) in [6.45, 7) is 3.31. The number of hydrogen-bond donors (Lipinski definition) is 0. The third-order valence-electron chi connectivity index (χ3n) is 4.69. The molecule has 3 aromatic rings. The van der Waals surface area contributed by atoms with Crippen LogP contribution in [0.5, 0.6) is 0 Å². The Kier molecular flexibility index (Phi) is 4.58. The van der Waals surface area contributed by atoms with Crippen LogP contribution in [0.4, 0.5) is 0 Å².